The first-order valence-electron chi connectivity index (χ1n) is 7.65. The molecule has 0 saturated heterocycles. The highest BCUT2D eigenvalue weighted by Gasteiger charge is 2.18. The summed E-state index contributed by atoms with van der Waals surface area (Å²) in [5.74, 6) is 0. The Balaban J connectivity index is 2.39. The van der Waals surface area contributed by atoms with E-state index < -0.39 is 9.84 Å². The van der Waals surface area contributed by atoms with Crippen LogP contribution in [0.1, 0.15) is 0 Å². The highest BCUT2D eigenvalue weighted by atomic mass is 32.2. The Labute approximate surface area is 149 Å². The van der Waals surface area contributed by atoms with Crippen LogP contribution in [0.2, 0.25) is 0 Å². The van der Waals surface area contributed by atoms with Crippen LogP contribution in [0.25, 0.3) is 0 Å². The molecule has 0 aromatic heterocycles. The van der Waals surface area contributed by atoms with Crippen molar-refractivity contribution in [3.8, 4) is 0 Å². The summed E-state index contributed by atoms with van der Waals surface area (Å²) in [5.41, 5.74) is 1.16. The van der Waals surface area contributed by atoms with Gasteiger partial charge in [0.05, 0.1) is 33.8 Å². The van der Waals surface area contributed by atoms with Gasteiger partial charge in [-0.2, -0.15) is 0 Å². The van der Waals surface area contributed by atoms with Gasteiger partial charge in [-0.1, -0.05) is 12.1 Å². The van der Waals surface area contributed by atoms with Crippen LogP contribution in [0.5, 0.6) is 0 Å². The van der Waals surface area contributed by atoms with Crippen molar-refractivity contribution in [2.45, 2.75) is 9.79 Å². The minimum atomic E-state index is -3.64. The van der Waals surface area contributed by atoms with Crippen LogP contribution in [0, 0.1) is 0 Å². The molecule has 2 aromatic carbocycles. The zero-order valence-corrected chi connectivity index (χ0v) is 15.6. The first kappa shape index (κ1) is 18.7. The summed E-state index contributed by atoms with van der Waals surface area (Å²) in [7, 11) is 3.77. The molecule has 0 radical (unpaired) electrons. The van der Waals surface area contributed by atoms with E-state index in [1.807, 2.05) is 28.2 Å². The number of sulfone groups is 1. The Morgan fingerprint density at radius 1 is 0.760 bits per heavy atom. The molecule has 7 heteroatoms. The fourth-order valence-electron chi connectivity index (χ4n) is 1.96. The third kappa shape index (κ3) is 5.15. The maximum Gasteiger partial charge on any atom is 0.206 e. The number of hydrogen-bond acceptors (Lipinski definition) is 4. The van der Waals surface area contributed by atoms with Gasteiger partial charge < -0.3 is 9.80 Å². The van der Waals surface area contributed by atoms with Crippen LogP contribution < -0.4 is 0 Å². The molecule has 0 saturated carbocycles. The van der Waals surface area contributed by atoms with E-state index in [4.69, 9.17) is 0 Å². The van der Waals surface area contributed by atoms with E-state index in [0.29, 0.717) is 11.4 Å². The normalized spacial score (nSPS) is 12.0. The molecule has 0 amide bonds. The van der Waals surface area contributed by atoms with Crippen LogP contribution in [0.4, 0.5) is 11.4 Å². The lowest BCUT2D eigenvalue weighted by atomic mass is 10.3. The molecule has 0 heterocycles. The Kier molecular flexibility index (Phi) is 5.93. The quantitative estimate of drug-likeness (QED) is 0.588. The monoisotopic (exact) mass is 358 g/mol. The van der Waals surface area contributed by atoms with Crippen molar-refractivity contribution in [2.24, 2.45) is 9.98 Å². The van der Waals surface area contributed by atoms with Gasteiger partial charge >= 0.3 is 0 Å². The van der Waals surface area contributed by atoms with E-state index >= 15 is 0 Å². The van der Waals surface area contributed by atoms with Gasteiger partial charge in [0.2, 0.25) is 9.84 Å². The zero-order chi connectivity index (χ0) is 18.4. The topological polar surface area (TPSA) is 65.3 Å². The first-order chi connectivity index (χ1) is 11.8. The van der Waals surface area contributed by atoms with Crippen molar-refractivity contribution < 1.29 is 8.42 Å². The molecule has 0 N–H and O–H groups in total. The molecular weight excluding hydrogens is 336 g/mol. The molecule has 0 aliphatic rings. The van der Waals surface area contributed by atoms with Gasteiger partial charge in [0, 0.05) is 28.2 Å². The number of aliphatic imine (C=N–C) groups is 2. The van der Waals surface area contributed by atoms with Crippen molar-refractivity contribution >= 4 is 33.9 Å². The van der Waals surface area contributed by atoms with Gasteiger partial charge in [0.1, 0.15) is 0 Å². The largest absolute Gasteiger partial charge is 0.369 e. The summed E-state index contributed by atoms with van der Waals surface area (Å²) in [6, 6.07) is 13.1. The van der Waals surface area contributed by atoms with Crippen LogP contribution in [0.15, 0.2) is 68.3 Å². The van der Waals surface area contributed by atoms with E-state index in [2.05, 4.69) is 9.98 Å². The van der Waals surface area contributed by atoms with Gasteiger partial charge in [0.25, 0.3) is 0 Å². The van der Waals surface area contributed by atoms with Crippen LogP contribution >= 0.6 is 0 Å². The second-order valence-corrected chi connectivity index (χ2v) is 7.86. The summed E-state index contributed by atoms with van der Waals surface area (Å²) in [6.45, 7) is 0. The van der Waals surface area contributed by atoms with E-state index in [0.717, 1.165) is 0 Å². The van der Waals surface area contributed by atoms with Gasteiger partial charge in [0.15, 0.2) is 0 Å². The second kappa shape index (κ2) is 7.94. The highest BCUT2D eigenvalue weighted by molar-refractivity contribution is 7.91. The summed E-state index contributed by atoms with van der Waals surface area (Å²) in [4.78, 5) is 12.5. The first-order valence-corrected chi connectivity index (χ1v) is 9.14. The molecule has 0 aliphatic heterocycles. The van der Waals surface area contributed by atoms with Crippen molar-refractivity contribution in [2.75, 3.05) is 28.2 Å². The summed E-state index contributed by atoms with van der Waals surface area (Å²) in [6.07, 6.45) is 3.25. The summed E-state index contributed by atoms with van der Waals surface area (Å²) in [5, 5.41) is 0. The number of benzene rings is 2. The maximum absolute atomic E-state index is 12.9. The van der Waals surface area contributed by atoms with E-state index in [1.54, 1.807) is 71.0 Å². The van der Waals surface area contributed by atoms with E-state index in [1.165, 1.54) is 0 Å². The molecule has 0 atom stereocenters. The van der Waals surface area contributed by atoms with Gasteiger partial charge in [-0.3, -0.25) is 0 Å². The van der Waals surface area contributed by atoms with Gasteiger partial charge in [-0.15, -0.1) is 0 Å². The third-order valence-electron chi connectivity index (χ3n) is 3.13. The zero-order valence-electron chi connectivity index (χ0n) is 14.8. The van der Waals surface area contributed by atoms with E-state index in [9.17, 15) is 8.42 Å². The predicted octanol–water partition coefficient (Wildman–Crippen LogP) is 2.96. The van der Waals surface area contributed by atoms with Crippen molar-refractivity contribution in [1.29, 1.82) is 0 Å². The molecule has 0 spiro atoms. The average Bonchev–Trinajstić information content (AvgIpc) is 2.58. The number of rotatable bonds is 6. The minimum Gasteiger partial charge on any atom is -0.369 e. The van der Waals surface area contributed by atoms with Crippen LogP contribution in [-0.2, 0) is 9.84 Å². The number of nitrogens with zero attached hydrogens (tertiary/aromatic N) is 4. The van der Waals surface area contributed by atoms with Crippen molar-refractivity contribution in [3.63, 3.8) is 0 Å². The van der Waals surface area contributed by atoms with E-state index in [-0.39, 0.29) is 9.79 Å². The molecule has 2 aromatic rings. The Morgan fingerprint density at radius 3 is 1.52 bits per heavy atom. The standard InChI is InChI=1S/C18H22N4O2S/c1-21(2)13-19-15-7-5-9-17(11-15)25(23,24)18-10-6-8-16(12-18)20-14-22(3)4/h5-14H,1-4H3. The van der Waals surface area contributed by atoms with Crippen molar-refractivity contribution in [1.82, 2.24) is 9.80 Å². The van der Waals surface area contributed by atoms with Crippen LogP contribution in [-0.4, -0.2) is 59.1 Å². The lowest BCUT2D eigenvalue weighted by Gasteiger charge is -2.07. The second-order valence-electron chi connectivity index (χ2n) is 5.91. The van der Waals surface area contributed by atoms with Gasteiger partial charge in [-0.25, -0.2) is 18.4 Å². The average molecular weight is 358 g/mol. The molecule has 0 unspecified atom stereocenters. The minimum absolute atomic E-state index is 0.203. The molecule has 0 aliphatic carbocycles. The molecule has 0 fully saturated rings. The SMILES string of the molecule is CN(C)C=Nc1cccc(S(=O)(=O)c2cccc(N=CN(C)C)c2)c1. The molecule has 6 nitrogen and oxygen atoms in total. The van der Waals surface area contributed by atoms with Gasteiger partial charge in [-0.05, 0) is 36.4 Å². The maximum atomic E-state index is 12.9. The Hall–Kier alpha value is -2.67. The molecular formula is C18H22N4O2S. The summed E-state index contributed by atoms with van der Waals surface area (Å²) < 4.78 is 25.8. The molecule has 2 rings (SSSR count). The predicted molar refractivity (Wildman–Crippen MR) is 102 cm³/mol. The molecule has 0 bridgehead atoms. The van der Waals surface area contributed by atoms with Crippen molar-refractivity contribution in [3.05, 3.63) is 48.5 Å². The third-order valence-corrected chi connectivity index (χ3v) is 4.88. The summed E-state index contributed by atoms with van der Waals surface area (Å²) >= 11 is 0. The Morgan fingerprint density at radius 2 is 1.16 bits per heavy atom. The fraction of sp³-hybridized carbons (Fsp3) is 0.222. The number of hydrogen-bond donors (Lipinski definition) is 0. The fourth-order valence-corrected chi connectivity index (χ4v) is 3.30. The lowest BCUT2D eigenvalue weighted by Crippen LogP contribution is -2.07. The van der Waals surface area contributed by atoms with Crippen LogP contribution in [0.3, 0.4) is 0 Å². The lowest BCUT2D eigenvalue weighted by molar-refractivity contribution is 0.596. The molecule has 25 heavy (non-hydrogen) atoms. The Bertz CT molecular complexity index is 820. The highest BCUT2D eigenvalue weighted by Crippen LogP contribution is 2.26. The molecule has 132 valence electrons. The smallest absolute Gasteiger partial charge is 0.206 e.